The SMILES string of the molecule is Nc1cc(N2CCCC2)nc(N2CCCC(Nc3ccc4[nH]ncc4c3)C2)n1. The highest BCUT2D eigenvalue weighted by atomic mass is 15.3. The quantitative estimate of drug-likeness (QED) is 0.642. The molecule has 5 rings (SSSR count). The van der Waals surface area contributed by atoms with Gasteiger partial charge in [-0.1, -0.05) is 0 Å². The number of aromatic nitrogens is 4. The van der Waals surface area contributed by atoms with Gasteiger partial charge in [0.15, 0.2) is 0 Å². The van der Waals surface area contributed by atoms with E-state index < -0.39 is 0 Å². The summed E-state index contributed by atoms with van der Waals surface area (Å²) in [6.07, 6.45) is 6.52. The molecule has 2 aliphatic heterocycles. The summed E-state index contributed by atoms with van der Waals surface area (Å²) in [5.74, 6) is 2.26. The summed E-state index contributed by atoms with van der Waals surface area (Å²) in [5.41, 5.74) is 8.28. The van der Waals surface area contributed by atoms with Crippen molar-refractivity contribution in [1.82, 2.24) is 20.2 Å². The average molecular weight is 378 g/mol. The third kappa shape index (κ3) is 3.42. The molecule has 3 aromatic rings. The molecule has 8 nitrogen and oxygen atoms in total. The van der Waals surface area contributed by atoms with Crippen molar-refractivity contribution < 1.29 is 0 Å². The molecule has 1 unspecified atom stereocenters. The van der Waals surface area contributed by atoms with Gasteiger partial charge in [-0.2, -0.15) is 15.1 Å². The predicted octanol–water partition coefficient (Wildman–Crippen LogP) is 2.62. The molecule has 0 saturated carbocycles. The number of nitrogens with one attached hydrogen (secondary N) is 2. The molecule has 2 aromatic heterocycles. The summed E-state index contributed by atoms with van der Waals surface area (Å²) < 4.78 is 0. The maximum atomic E-state index is 6.11. The first-order valence-electron chi connectivity index (χ1n) is 10.1. The Bertz CT molecular complexity index is 962. The highest BCUT2D eigenvalue weighted by Crippen LogP contribution is 2.26. The van der Waals surface area contributed by atoms with Gasteiger partial charge in [-0.05, 0) is 43.9 Å². The summed E-state index contributed by atoms with van der Waals surface area (Å²) in [7, 11) is 0. The van der Waals surface area contributed by atoms with Crippen LogP contribution in [0, 0.1) is 0 Å². The van der Waals surface area contributed by atoms with Crippen molar-refractivity contribution in [2.24, 2.45) is 0 Å². The van der Waals surface area contributed by atoms with E-state index in [2.05, 4.69) is 48.5 Å². The Labute approximate surface area is 164 Å². The van der Waals surface area contributed by atoms with Gasteiger partial charge in [-0.15, -0.1) is 0 Å². The van der Waals surface area contributed by atoms with Crippen LogP contribution in [0.25, 0.3) is 10.9 Å². The van der Waals surface area contributed by atoms with Crippen LogP contribution >= 0.6 is 0 Å². The smallest absolute Gasteiger partial charge is 0.229 e. The van der Waals surface area contributed by atoms with E-state index >= 15 is 0 Å². The standard InChI is InChI=1S/C20H26N8/c21-18-11-19(27-7-1-2-8-27)25-20(24-18)28-9-3-4-16(13-28)23-15-5-6-17-14(10-15)12-22-26-17/h5-6,10-12,16,23H,1-4,7-9,13H2,(H,22,26)(H2,21,24,25). The number of nitrogen functional groups attached to an aromatic ring is 1. The van der Waals surface area contributed by atoms with E-state index in [0.29, 0.717) is 11.9 Å². The van der Waals surface area contributed by atoms with Crippen LogP contribution < -0.4 is 20.9 Å². The molecular formula is C20H26N8. The summed E-state index contributed by atoms with van der Waals surface area (Å²) in [4.78, 5) is 13.9. The zero-order valence-corrected chi connectivity index (χ0v) is 15.9. The number of hydrogen-bond acceptors (Lipinski definition) is 7. The second-order valence-corrected chi connectivity index (χ2v) is 7.75. The van der Waals surface area contributed by atoms with E-state index in [-0.39, 0.29) is 0 Å². The first kappa shape index (κ1) is 17.1. The van der Waals surface area contributed by atoms with Gasteiger partial charge < -0.3 is 20.9 Å². The summed E-state index contributed by atoms with van der Waals surface area (Å²) >= 11 is 0. The second-order valence-electron chi connectivity index (χ2n) is 7.75. The number of nitrogens with zero attached hydrogens (tertiary/aromatic N) is 5. The number of fused-ring (bicyclic) bond motifs is 1. The molecule has 0 aliphatic carbocycles. The third-order valence-electron chi connectivity index (χ3n) is 5.67. The fourth-order valence-electron chi connectivity index (χ4n) is 4.23. The maximum Gasteiger partial charge on any atom is 0.229 e. The van der Waals surface area contributed by atoms with E-state index in [1.165, 1.54) is 12.8 Å². The fourth-order valence-corrected chi connectivity index (χ4v) is 4.23. The molecule has 2 saturated heterocycles. The molecule has 0 radical (unpaired) electrons. The van der Waals surface area contributed by atoms with Crippen molar-refractivity contribution in [3.63, 3.8) is 0 Å². The van der Waals surface area contributed by atoms with Crippen LogP contribution in [0.2, 0.25) is 0 Å². The molecule has 0 amide bonds. The first-order chi connectivity index (χ1) is 13.7. The van der Waals surface area contributed by atoms with Crippen LogP contribution in [0.3, 0.4) is 0 Å². The Hall–Kier alpha value is -3.03. The maximum absolute atomic E-state index is 6.11. The molecule has 4 heterocycles. The van der Waals surface area contributed by atoms with E-state index in [1.807, 2.05) is 12.3 Å². The normalized spacial score (nSPS) is 20.1. The molecule has 8 heteroatoms. The number of anilines is 4. The van der Waals surface area contributed by atoms with Crippen LogP contribution in [0.4, 0.5) is 23.3 Å². The number of rotatable bonds is 4. The summed E-state index contributed by atoms with van der Waals surface area (Å²) in [6.45, 7) is 3.93. The number of aromatic amines is 1. The van der Waals surface area contributed by atoms with Crippen LogP contribution in [0.5, 0.6) is 0 Å². The minimum absolute atomic E-state index is 0.346. The minimum atomic E-state index is 0.346. The van der Waals surface area contributed by atoms with E-state index in [9.17, 15) is 0 Å². The number of piperidine rings is 1. The van der Waals surface area contributed by atoms with E-state index in [0.717, 1.165) is 67.4 Å². The Balaban J connectivity index is 1.32. The van der Waals surface area contributed by atoms with Gasteiger partial charge in [0.05, 0.1) is 11.7 Å². The Morgan fingerprint density at radius 1 is 1.04 bits per heavy atom. The van der Waals surface area contributed by atoms with Gasteiger partial charge in [0.1, 0.15) is 11.6 Å². The molecular weight excluding hydrogens is 352 g/mol. The van der Waals surface area contributed by atoms with Crippen molar-refractivity contribution in [3.8, 4) is 0 Å². The van der Waals surface area contributed by atoms with Crippen molar-refractivity contribution in [3.05, 3.63) is 30.5 Å². The number of nitrogens with two attached hydrogens (primary N) is 1. The van der Waals surface area contributed by atoms with E-state index in [4.69, 9.17) is 10.7 Å². The lowest BCUT2D eigenvalue weighted by molar-refractivity contribution is 0.523. The summed E-state index contributed by atoms with van der Waals surface area (Å²) in [6, 6.07) is 8.55. The van der Waals surface area contributed by atoms with Crippen molar-refractivity contribution in [2.45, 2.75) is 31.7 Å². The highest BCUT2D eigenvalue weighted by Gasteiger charge is 2.24. The lowest BCUT2D eigenvalue weighted by atomic mass is 10.1. The topological polar surface area (TPSA) is 99.0 Å². The van der Waals surface area contributed by atoms with Crippen LogP contribution in [-0.2, 0) is 0 Å². The monoisotopic (exact) mass is 378 g/mol. The molecule has 146 valence electrons. The number of H-pyrrole nitrogens is 1. The lowest BCUT2D eigenvalue weighted by Gasteiger charge is -2.34. The van der Waals surface area contributed by atoms with Gasteiger partial charge in [-0.3, -0.25) is 5.10 Å². The second kappa shape index (κ2) is 7.18. The van der Waals surface area contributed by atoms with Crippen molar-refractivity contribution >= 4 is 34.2 Å². The molecule has 1 aromatic carbocycles. The third-order valence-corrected chi connectivity index (χ3v) is 5.67. The van der Waals surface area contributed by atoms with Gasteiger partial charge in [0, 0.05) is 49.4 Å². The van der Waals surface area contributed by atoms with Crippen LogP contribution in [0.15, 0.2) is 30.5 Å². The lowest BCUT2D eigenvalue weighted by Crippen LogP contribution is -2.43. The molecule has 0 spiro atoms. The molecule has 4 N–H and O–H groups in total. The zero-order chi connectivity index (χ0) is 18.9. The van der Waals surface area contributed by atoms with Crippen molar-refractivity contribution in [2.75, 3.05) is 47.0 Å². The molecule has 2 aliphatic rings. The predicted molar refractivity (Wildman–Crippen MR) is 113 cm³/mol. The number of hydrogen-bond donors (Lipinski definition) is 3. The summed E-state index contributed by atoms with van der Waals surface area (Å²) in [5, 5.41) is 11.9. The van der Waals surface area contributed by atoms with Gasteiger partial charge >= 0.3 is 0 Å². The van der Waals surface area contributed by atoms with Crippen molar-refractivity contribution in [1.29, 1.82) is 0 Å². The molecule has 1 atom stereocenters. The van der Waals surface area contributed by atoms with Gasteiger partial charge in [-0.25, -0.2) is 0 Å². The Kier molecular flexibility index (Phi) is 4.38. The molecule has 28 heavy (non-hydrogen) atoms. The molecule has 0 bridgehead atoms. The van der Waals surface area contributed by atoms with E-state index in [1.54, 1.807) is 0 Å². The van der Waals surface area contributed by atoms with Crippen LogP contribution in [0.1, 0.15) is 25.7 Å². The number of benzene rings is 1. The largest absolute Gasteiger partial charge is 0.383 e. The fraction of sp³-hybridized carbons (Fsp3) is 0.450. The highest BCUT2D eigenvalue weighted by molar-refractivity contribution is 5.81. The average Bonchev–Trinajstić information content (AvgIpc) is 3.39. The Morgan fingerprint density at radius 3 is 2.79 bits per heavy atom. The minimum Gasteiger partial charge on any atom is -0.383 e. The molecule has 2 fully saturated rings. The first-order valence-corrected chi connectivity index (χ1v) is 10.1. The Morgan fingerprint density at radius 2 is 1.89 bits per heavy atom. The van der Waals surface area contributed by atoms with Crippen LogP contribution in [-0.4, -0.2) is 52.4 Å². The van der Waals surface area contributed by atoms with Gasteiger partial charge in [0.2, 0.25) is 5.95 Å². The zero-order valence-electron chi connectivity index (χ0n) is 15.9. The van der Waals surface area contributed by atoms with Gasteiger partial charge in [0.25, 0.3) is 0 Å².